The van der Waals surface area contributed by atoms with E-state index < -0.39 is 7.26 Å². The average molecular weight is 760 g/mol. The molecule has 0 N–H and O–H groups in total. The van der Waals surface area contributed by atoms with Crippen LogP contribution in [0.15, 0.2) is 121 Å². The minimum atomic E-state index is -2.36. The Balaban J connectivity index is 1.57. The van der Waals surface area contributed by atoms with E-state index in [1.165, 1.54) is 54.6 Å². The Kier molecular flexibility index (Phi) is 11.6. The number of ether oxygens (including phenoxy) is 3. The zero-order chi connectivity index (χ0) is 31.8. The normalized spacial score (nSPS) is 13.8. The fourth-order valence-corrected chi connectivity index (χ4v) is 12.7. The van der Waals surface area contributed by atoms with Gasteiger partial charge in [-0.2, -0.15) is 0 Å². The zero-order valence-electron chi connectivity index (χ0n) is 26.2. The van der Waals surface area contributed by atoms with Crippen LogP contribution in [0.25, 0.3) is 11.1 Å². The molecule has 0 aromatic heterocycles. The molecule has 0 fully saturated rings. The lowest BCUT2D eigenvalue weighted by Crippen LogP contribution is -2.41. The van der Waals surface area contributed by atoms with E-state index >= 15 is 0 Å². The number of alkyl halides is 2. The van der Waals surface area contributed by atoms with Gasteiger partial charge < -0.3 is 14.2 Å². The largest absolute Gasteiger partial charge is 0.382 e. The van der Waals surface area contributed by atoms with Crippen LogP contribution in [0.1, 0.15) is 34.6 Å². The van der Waals surface area contributed by atoms with Gasteiger partial charge in [-0.05, 0) is 65.1 Å². The summed E-state index contributed by atoms with van der Waals surface area (Å²) in [6, 6.07) is 45.4. The highest BCUT2D eigenvalue weighted by Gasteiger charge is 2.52. The molecule has 0 heterocycles. The molecule has 6 heteroatoms. The first kappa shape index (κ1) is 33.3. The van der Waals surface area contributed by atoms with Crippen molar-refractivity contribution in [2.24, 2.45) is 0 Å². The Bertz CT molecular complexity index is 1620. The van der Waals surface area contributed by atoms with E-state index in [-0.39, 0.29) is 5.92 Å². The van der Waals surface area contributed by atoms with Crippen molar-refractivity contribution in [3.8, 4) is 11.1 Å². The van der Waals surface area contributed by atoms with E-state index in [9.17, 15) is 0 Å². The first-order valence-electron chi connectivity index (χ1n) is 15.9. The van der Waals surface area contributed by atoms with Crippen LogP contribution in [0.5, 0.6) is 0 Å². The first-order chi connectivity index (χ1) is 22.7. The maximum Gasteiger partial charge on any atom is 0.144 e. The summed E-state index contributed by atoms with van der Waals surface area (Å²) in [7, 11) is -0.666. The summed E-state index contributed by atoms with van der Waals surface area (Å²) in [5.74, 6) is 0.197. The van der Waals surface area contributed by atoms with Crippen LogP contribution in [-0.4, -0.2) is 40.1 Å². The van der Waals surface area contributed by atoms with E-state index in [2.05, 4.69) is 153 Å². The predicted molar refractivity (Wildman–Crippen MR) is 202 cm³/mol. The Morgan fingerprint density at radius 2 is 1.13 bits per heavy atom. The molecular formula is C40H40Br2O3P+. The fourth-order valence-electron chi connectivity index (χ4n) is 6.88. The smallest absolute Gasteiger partial charge is 0.144 e. The lowest BCUT2D eigenvalue weighted by molar-refractivity contribution is 0.0238. The van der Waals surface area contributed by atoms with Crippen molar-refractivity contribution < 1.29 is 14.2 Å². The molecule has 46 heavy (non-hydrogen) atoms. The summed E-state index contributed by atoms with van der Waals surface area (Å²) < 4.78 is 17.0. The highest BCUT2D eigenvalue weighted by Crippen LogP contribution is 2.60. The van der Waals surface area contributed by atoms with Gasteiger partial charge in [0.2, 0.25) is 0 Å². The minimum Gasteiger partial charge on any atom is -0.382 e. The Hall–Kier alpha value is -2.63. The van der Waals surface area contributed by atoms with E-state index in [1.54, 1.807) is 7.11 Å². The van der Waals surface area contributed by atoms with E-state index in [4.69, 9.17) is 14.2 Å². The highest BCUT2D eigenvalue weighted by atomic mass is 79.9. The zero-order valence-corrected chi connectivity index (χ0v) is 30.3. The standard InChI is InChI=1S/C40H40Br2O3P/c1-43-23-24-45-26-25-44-22-21-37-38-27-30(28-41)17-19-35(38)36-20-18-31(29-42)40(39(36)37)46(32-11-5-2-6-12-32,33-13-7-3-8-14-33)34-15-9-4-10-16-34/h2-20,27,37H,21-26,28-29H2,1H3/q+1. The number of benzene rings is 5. The van der Waals surface area contributed by atoms with E-state index in [0.29, 0.717) is 33.0 Å². The summed E-state index contributed by atoms with van der Waals surface area (Å²) >= 11 is 7.70. The van der Waals surface area contributed by atoms with E-state index in [0.717, 1.165) is 17.1 Å². The van der Waals surface area contributed by atoms with Gasteiger partial charge in [-0.25, -0.2) is 0 Å². The monoisotopic (exact) mass is 757 g/mol. The topological polar surface area (TPSA) is 27.7 Å². The molecule has 0 radical (unpaired) electrons. The average Bonchev–Trinajstić information content (AvgIpc) is 3.43. The molecule has 0 saturated heterocycles. The van der Waals surface area contributed by atoms with Gasteiger partial charge in [0.25, 0.3) is 0 Å². The van der Waals surface area contributed by atoms with Crippen molar-refractivity contribution >= 4 is 60.3 Å². The second kappa shape index (κ2) is 16.0. The number of hydrogen-bond acceptors (Lipinski definition) is 3. The Labute approximate surface area is 290 Å². The summed E-state index contributed by atoms with van der Waals surface area (Å²) in [4.78, 5) is 0. The third kappa shape index (κ3) is 6.56. The maximum absolute atomic E-state index is 6.22. The Morgan fingerprint density at radius 3 is 1.67 bits per heavy atom. The number of hydrogen-bond donors (Lipinski definition) is 0. The molecule has 5 aromatic carbocycles. The van der Waals surface area contributed by atoms with Gasteiger partial charge >= 0.3 is 0 Å². The van der Waals surface area contributed by atoms with Gasteiger partial charge in [-0.3, -0.25) is 0 Å². The van der Waals surface area contributed by atoms with Gasteiger partial charge in [0, 0.05) is 41.4 Å². The van der Waals surface area contributed by atoms with Gasteiger partial charge in [-0.1, -0.05) is 117 Å². The van der Waals surface area contributed by atoms with Crippen LogP contribution < -0.4 is 21.2 Å². The van der Waals surface area contributed by atoms with Gasteiger partial charge in [0.1, 0.15) is 28.5 Å². The molecule has 0 amide bonds. The number of halogens is 2. The lowest BCUT2D eigenvalue weighted by Gasteiger charge is -2.32. The molecule has 3 nitrogen and oxygen atoms in total. The second-order valence-corrected chi connectivity index (χ2v) is 15.9. The molecule has 5 aromatic rings. The third-order valence-electron chi connectivity index (χ3n) is 8.85. The van der Waals surface area contributed by atoms with Gasteiger partial charge in [-0.15, -0.1) is 0 Å². The van der Waals surface area contributed by atoms with Gasteiger partial charge in [0.05, 0.1) is 26.4 Å². The summed E-state index contributed by atoms with van der Waals surface area (Å²) in [5.41, 5.74) is 8.16. The highest BCUT2D eigenvalue weighted by molar-refractivity contribution is 9.08. The molecule has 236 valence electrons. The molecule has 1 aliphatic carbocycles. The first-order valence-corrected chi connectivity index (χ1v) is 19.9. The molecule has 1 aliphatic rings. The SMILES string of the molecule is COCCOCCOCCC1c2cc(CBr)ccc2-c2ccc(CBr)c([P+](c3ccccc3)(c3ccccc3)c3ccccc3)c21. The van der Waals surface area contributed by atoms with Crippen LogP contribution in [0.2, 0.25) is 0 Å². The van der Waals surface area contributed by atoms with Crippen molar-refractivity contribution in [1.29, 1.82) is 0 Å². The lowest BCUT2D eigenvalue weighted by atomic mass is 9.92. The molecule has 0 spiro atoms. The van der Waals surface area contributed by atoms with Crippen LogP contribution in [0, 0.1) is 0 Å². The van der Waals surface area contributed by atoms with Crippen molar-refractivity contribution in [2.75, 3.05) is 40.1 Å². The van der Waals surface area contributed by atoms with Crippen molar-refractivity contribution in [2.45, 2.75) is 23.0 Å². The molecule has 1 atom stereocenters. The predicted octanol–water partition coefficient (Wildman–Crippen LogP) is 8.28. The molecule has 1 unspecified atom stereocenters. The molecule has 6 rings (SSSR count). The second-order valence-electron chi connectivity index (χ2n) is 11.5. The van der Waals surface area contributed by atoms with Crippen molar-refractivity contribution in [1.82, 2.24) is 0 Å². The number of fused-ring (bicyclic) bond motifs is 3. The Morgan fingerprint density at radius 1 is 0.587 bits per heavy atom. The van der Waals surface area contributed by atoms with E-state index in [1.807, 2.05) is 0 Å². The van der Waals surface area contributed by atoms with Crippen LogP contribution in [-0.2, 0) is 24.9 Å². The minimum absolute atomic E-state index is 0.197. The van der Waals surface area contributed by atoms with Crippen LogP contribution in [0.4, 0.5) is 0 Å². The number of rotatable bonds is 15. The molecule has 0 bridgehead atoms. The quantitative estimate of drug-likeness (QED) is 0.0612. The van der Waals surface area contributed by atoms with Crippen LogP contribution in [0.3, 0.4) is 0 Å². The number of methoxy groups -OCH3 is 1. The molecule has 0 aliphatic heterocycles. The summed E-state index contributed by atoms with van der Waals surface area (Å²) in [5, 5.41) is 7.16. The fraction of sp³-hybridized carbons (Fsp3) is 0.250. The van der Waals surface area contributed by atoms with Gasteiger partial charge in [0.15, 0.2) is 0 Å². The summed E-state index contributed by atoms with van der Waals surface area (Å²) in [6.07, 6.45) is 0.890. The van der Waals surface area contributed by atoms with Crippen molar-refractivity contribution in [3.63, 3.8) is 0 Å². The third-order valence-corrected chi connectivity index (χ3v) is 14.5. The molecular weight excluding hydrogens is 719 g/mol. The molecule has 0 saturated carbocycles. The summed E-state index contributed by atoms with van der Waals surface area (Å²) in [6.45, 7) is 2.97. The van der Waals surface area contributed by atoms with Crippen molar-refractivity contribution in [3.05, 3.63) is 144 Å². The maximum atomic E-state index is 6.22. The van der Waals surface area contributed by atoms with Crippen LogP contribution >= 0.6 is 39.1 Å².